The number of carbonyl (C=O) groups is 2. The summed E-state index contributed by atoms with van der Waals surface area (Å²) in [4.78, 5) is 24.8. The van der Waals surface area contributed by atoms with Crippen LogP contribution in [0.25, 0.3) is 0 Å². The van der Waals surface area contributed by atoms with Gasteiger partial charge in [-0.15, -0.1) is 11.3 Å². The summed E-state index contributed by atoms with van der Waals surface area (Å²) >= 11 is 1.49. The molecule has 1 amide bonds. The highest BCUT2D eigenvalue weighted by atomic mass is 32.1. The summed E-state index contributed by atoms with van der Waals surface area (Å²) in [5, 5.41) is 14.0. The van der Waals surface area contributed by atoms with Gasteiger partial charge in [0, 0.05) is 10.3 Å². The predicted octanol–water partition coefficient (Wildman–Crippen LogP) is 2.82. The zero-order valence-electron chi connectivity index (χ0n) is 11.4. The highest BCUT2D eigenvalue weighted by Gasteiger charge is 2.49. The standard InChI is InChI=1S/C14H19NO3S/c1-9-6-10(7-19-9)11(16)15-14(12(17)18)5-4-13(2,3)8-14/h6-7H,4-5,8H2,1-3H3,(H,15,16)(H,17,18). The predicted molar refractivity (Wildman–Crippen MR) is 74.5 cm³/mol. The lowest BCUT2D eigenvalue weighted by Gasteiger charge is -2.27. The van der Waals surface area contributed by atoms with Crippen molar-refractivity contribution in [3.63, 3.8) is 0 Å². The van der Waals surface area contributed by atoms with Crippen LogP contribution in [0.5, 0.6) is 0 Å². The first-order valence-corrected chi connectivity index (χ1v) is 7.23. The quantitative estimate of drug-likeness (QED) is 0.895. The SMILES string of the molecule is Cc1cc(C(=O)NC2(C(=O)O)CCC(C)(C)C2)cs1. The number of carboxylic acids is 1. The maximum Gasteiger partial charge on any atom is 0.329 e. The van der Waals surface area contributed by atoms with E-state index in [0.717, 1.165) is 11.3 Å². The van der Waals surface area contributed by atoms with Crippen molar-refractivity contribution in [2.45, 2.75) is 45.6 Å². The molecule has 5 heteroatoms. The van der Waals surface area contributed by atoms with E-state index in [1.54, 1.807) is 11.4 Å². The Morgan fingerprint density at radius 3 is 2.47 bits per heavy atom. The normalized spacial score (nSPS) is 25.2. The highest BCUT2D eigenvalue weighted by molar-refractivity contribution is 7.10. The van der Waals surface area contributed by atoms with Gasteiger partial charge in [-0.25, -0.2) is 4.79 Å². The van der Waals surface area contributed by atoms with Gasteiger partial charge < -0.3 is 10.4 Å². The molecule has 0 saturated heterocycles. The van der Waals surface area contributed by atoms with Gasteiger partial charge in [0.1, 0.15) is 5.54 Å². The molecule has 1 saturated carbocycles. The Bertz CT molecular complexity index is 521. The van der Waals surface area contributed by atoms with E-state index >= 15 is 0 Å². The average molecular weight is 281 g/mol. The Morgan fingerprint density at radius 1 is 1.37 bits per heavy atom. The van der Waals surface area contributed by atoms with Crippen molar-refractivity contribution in [2.24, 2.45) is 5.41 Å². The summed E-state index contributed by atoms with van der Waals surface area (Å²) in [5.41, 5.74) is -0.611. The summed E-state index contributed by atoms with van der Waals surface area (Å²) in [6.07, 6.45) is 1.77. The summed E-state index contributed by atoms with van der Waals surface area (Å²) in [6, 6.07) is 1.79. The van der Waals surface area contributed by atoms with Gasteiger partial charge >= 0.3 is 5.97 Å². The third-order valence-electron chi connectivity index (χ3n) is 3.76. The van der Waals surface area contributed by atoms with E-state index in [-0.39, 0.29) is 11.3 Å². The van der Waals surface area contributed by atoms with Gasteiger partial charge in [-0.1, -0.05) is 13.8 Å². The van der Waals surface area contributed by atoms with E-state index in [1.165, 1.54) is 11.3 Å². The first-order chi connectivity index (χ1) is 8.74. The molecule has 1 aromatic rings. The number of amides is 1. The molecule has 0 aromatic carbocycles. The molecular formula is C14H19NO3S. The van der Waals surface area contributed by atoms with E-state index in [4.69, 9.17) is 0 Å². The fourth-order valence-corrected chi connectivity index (χ4v) is 3.42. The van der Waals surface area contributed by atoms with Crippen LogP contribution >= 0.6 is 11.3 Å². The van der Waals surface area contributed by atoms with Gasteiger partial charge in [-0.3, -0.25) is 4.79 Å². The molecule has 1 aromatic heterocycles. The minimum absolute atomic E-state index is 0.0454. The fourth-order valence-electron chi connectivity index (χ4n) is 2.74. The summed E-state index contributed by atoms with van der Waals surface area (Å²) in [6.45, 7) is 6.00. The van der Waals surface area contributed by atoms with Crippen molar-refractivity contribution < 1.29 is 14.7 Å². The zero-order chi connectivity index (χ0) is 14.3. The van der Waals surface area contributed by atoms with E-state index in [9.17, 15) is 14.7 Å². The van der Waals surface area contributed by atoms with Gasteiger partial charge in [0.05, 0.1) is 5.56 Å². The number of nitrogens with one attached hydrogen (secondary N) is 1. The first-order valence-electron chi connectivity index (χ1n) is 6.35. The van der Waals surface area contributed by atoms with Crippen LogP contribution in [0.2, 0.25) is 0 Å². The lowest BCUT2D eigenvalue weighted by Crippen LogP contribution is -2.53. The van der Waals surface area contributed by atoms with Crippen LogP contribution in [0.3, 0.4) is 0 Å². The third-order valence-corrected chi connectivity index (χ3v) is 4.63. The van der Waals surface area contributed by atoms with Crippen LogP contribution in [0.15, 0.2) is 11.4 Å². The first kappa shape index (κ1) is 14.1. The molecule has 4 nitrogen and oxygen atoms in total. The summed E-state index contributed by atoms with van der Waals surface area (Å²) in [7, 11) is 0. The number of aryl methyl sites for hydroxylation is 1. The molecule has 104 valence electrons. The molecule has 0 spiro atoms. The smallest absolute Gasteiger partial charge is 0.329 e. The van der Waals surface area contributed by atoms with Crippen molar-refractivity contribution in [1.29, 1.82) is 0 Å². The minimum atomic E-state index is -1.11. The Morgan fingerprint density at radius 2 is 2.05 bits per heavy atom. The Hall–Kier alpha value is -1.36. The number of carboxylic acid groups (broad SMARTS) is 1. The third kappa shape index (κ3) is 2.81. The van der Waals surface area contributed by atoms with Crippen molar-refractivity contribution in [1.82, 2.24) is 5.32 Å². The molecule has 1 fully saturated rings. The number of thiophene rings is 1. The van der Waals surface area contributed by atoms with Gasteiger partial charge in [-0.2, -0.15) is 0 Å². The molecule has 1 aliphatic carbocycles. The van der Waals surface area contributed by atoms with Crippen molar-refractivity contribution in [3.8, 4) is 0 Å². The topological polar surface area (TPSA) is 66.4 Å². The second-order valence-corrected chi connectivity index (χ2v) is 7.24. The van der Waals surface area contributed by atoms with Crippen LogP contribution in [-0.4, -0.2) is 22.5 Å². The number of carbonyl (C=O) groups excluding carboxylic acids is 1. The molecule has 2 rings (SSSR count). The van der Waals surface area contributed by atoms with Crippen LogP contribution in [-0.2, 0) is 4.79 Å². The Labute approximate surface area is 116 Å². The molecule has 1 aliphatic rings. The summed E-state index contributed by atoms with van der Waals surface area (Å²) < 4.78 is 0. The minimum Gasteiger partial charge on any atom is -0.480 e. The van der Waals surface area contributed by atoms with Crippen molar-refractivity contribution >= 4 is 23.2 Å². The molecule has 0 bridgehead atoms. The second kappa shape index (κ2) is 4.63. The van der Waals surface area contributed by atoms with Gasteiger partial charge in [0.2, 0.25) is 0 Å². The van der Waals surface area contributed by atoms with E-state index < -0.39 is 11.5 Å². The monoisotopic (exact) mass is 281 g/mol. The highest BCUT2D eigenvalue weighted by Crippen LogP contribution is 2.43. The maximum absolute atomic E-state index is 12.2. The van der Waals surface area contributed by atoms with Crippen LogP contribution in [0, 0.1) is 12.3 Å². The molecule has 19 heavy (non-hydrogen) atoms. The van der Waals surface area contributed by atoms with E-state index in [1.807, 2.05) is 20.8 Å². The zero-order valence-corrected chi connectivity index (χ0v) is 12.3. The Kier molecular flexibility index (Phi) is 3.43. The summed E-state index contributed by atoms with van der Waals surface area (Å²) in [5.74, 6) is -1.22. The average Bonchev–Trinajstić information content (AvgIpc) is 2.84. The fraction of sp³-hybridized carbons (Fsp3) is 0.571. The molecular weight excluding hydrogens is 262 g/mol. The van der Waals surface area contributed by atoms with Crippen molar-refractivity contribution in [3.05, 3.63) is 21.9 Å². The molecule has 1 atom stereocenters. The van der Waals surface area contributed by atoms with Crippen LogP contribution in [0.4, 0.5) is 0 Å². The van der Waals surface area contributed by atoms with Gasteiger partial charge in [0.25, 0.3) is 5.91 Å². The molecule has 1 unspecified atom stereocenters. The van der Waals surface area contributed by atoms with Gasteiger partial charge in [0.15, 0.2) is 0 Å². The number of rotatable bonds is 3. The lowest BCUT2D eigenvalue weighted by molar-refractivity contribution is -0.144. The Balaban J connectivity index is 2.19. The molecule has 1 heterocycles. The molecule has 2 N–H and O–H groups in total. The number of hydrogen-bond acceptors (Lipinski definition) is 3. The van der Waals surface area contributed by atoms with Crippen molar-refractivity contribution in [2.75, 3.05) is 0 Å². The van der Waals surface area contributed by atoms with Crippen LogP contribution in [0.1, 0.15) is 48.3 Å². The second-order valence-electron chi connectivity index (χ2n) is 6.13. The maximum atomic E-state index is 12.2. The van der Waals surface area contributed by atoms with E-state index in [2.05, 4.69) is 5.32 Å². The molecule has 0 radical (unpaired) electrons. The van der Waals surface area contributed by atoms with E-state index in [0.29, 0.717) is 18.4 Å². The van der Waals surface area contributed by atoms with Gasteiger partial charge in [-0.05, 0) is 37.7 Å². The largest absolute Gasteiger partial charge is 0.480 e. The lowest BCUT2D eigenvalue weighted by atomic mass is 9.87. The van der Waals surface area contributed by atoms with Crippen LogP contribution < -0.4 is 5.32 Å². The number of aliphatic carboxylic acids is 1. The number of hydrogen-bond donors (Lipinski definition) is 2. The molecule has 0 aliphatic heterocycles.